The van der Waals surface area contributed by atoms with Crippen molar-refractivity contribution in [3.8, 4) is 0 Å². The highest BCUT2D eigenvalue weighted by Crippen LogP contribution is 2.08. The van der Waals surface area contributed by atoms with Crippen LogP contribution in [0.5, 0.6) is 0 Å². The second kappa shape index (κ2) is 6.31. The van der Waals surface area contributed by atoms with E-state index in [1.54, 1.807) is 12.3 Å². The maximum atomic E-state index is 11.4. The van der Waals surface area contributed by atoms with Gasteiger partial charge in [-0.25, -0.2) is 4.79 Å². The van der Waals surface area contributed by atoms with Crippen LogP contribution in [0, 0.1) is 0 Å². The molecule has 0 saturated carbocycles. The van der Waals surface area contributed by atoms with Crippen molar-refractivity contribution in [1.29, 1.82) is 0 Å². The van der Waals surface area contributed by atoms with Gasteiger partial charge in [0.25, 0.3) is 0 Å². The number of ether oxygens (including phenoxy) is 1. The molecular weight excluding hydrogens is 230 g/mol. The number of pyridine rings is 1. The van der Waals surface area contributed by atoms with E-state index in [9.17, 15) is 4.79 Å². The van der Waals surface area contributed by atoms with E-state index in [2.05, 4.69) is 4.98 Å². The highest BCUT2D eigenvalue weighted by molar-refractivity contribution is 5.87. The maximum Gasteiger partial charge on any atom is 0.331 e. The predicted octanol–water partition coefficient (Wildman–Crippen LogP) is 1.97. The van der Waals surface area contributed by atoms with E-state index in [0.717, 1.165) is 11.3 Å². The zero-order chi connectivity index (χ0) is 13.6. The van der Waals surface area contributed by atoms with Crippen molar-refractivity contribution in [2.24, 2.45) is 0 Å². The van der Waals surface area contributed by atoms with Crippen molar-refractivity contribution in [1.82, 2.24) is 4.98 Å². The van der Waals surface area contributed by atoms with Crippen LogP contribution < -0.4 is 0 Å². The Hall–Kier alpha value is -1.68. The number of aliphatic hydroxyl groups is 1. The highest BCUT2D eigenvalue weighted by Gasteiger charge is 2.13. The molecule has 0 unspecified atom stereocenters. The Balaban J connectivity index is 2.59. The van der Waals surface area contributed by atoms with Gasteiger partial charge in [0, 0.05) is 31.0 Å². The highest BCUT2D eigenvalue weighted by atomic mass is 16.6. The van der Waals surface area contributed by atoms with Crippen molar-refractivity contribution in [2.45, 2.75) is 32.8 Å². The summed E-state index contributed by atoms with van der Waals surface area (Å²) < 4.78 is 5.14. The van der Waals surface area contributed by atoms with Crippen molar-refractivity contribution in [2.75, 3.05) is 6.61 Å². The summed E-state index contributed by atoms with van der Waals surface area (Å²) in [6.45, 7) is 5.55. The number of carbonyl (C=O) groups excluding carboxylic acids is 1. The summed E-state index contributed by atoms with van der Waals surface area (Å²) in [5.41, 5.74) is 1.17. The molecular formula is C14H19NO3. The molecule has 0 atom stereocenters. The first-order valence-electron chi connectivity index (χ1n) is 5.87. The topological polar surface area (TPSA) is 59.4 Å². The fourth-order valence-corrected chi connectivity index (χ4v) is 1.30. The first kappa shape index (κ1) is 14.4. The molecule has 0 radical (unpaired) electrons. The van der Waals surface area contributed by atoms with Gasteiger partial charge >= 0.3 is 5.97 Å². The van der Waals surface area contributed by atoms with Gasteiger partial charge in [-0.1, -0.05) is 6.07 Å². The molecule has 1 aromatic heterocycles. The Kier molecular flexibility index (Phi) is 5.04. The normalized spacial score (nSPS) is 11.8. The molecule has 0 amide bonds. The fraction of sp³-hybridized carbons (Fsp3) is 0.429. The zero-order valence-corrected chi connectivity index (χ0v) is 11.0. The zero-order valence-electron chi connectivity index (χ0n) is 11.0. The molecule has 4 heteroatoms. The molecule has 0 spiro atoms. The summed E-state index contributed by atoms with van der Waals surface area (Å²) in [6, 6.07) is 3.67. The Labute approximate surface area is 107 Å². The van der Waals surface area contributed by atoms with Crippen molar-refractivity contribution < 1.29 is 14.6 Å². The molecule has 0 aliphatic heterocycles. The van der Waals surface area contributed by atoms with Gasteiger partial charge in [0.15, 0.2) is 0 Å². The standard InChI is InChI=1S/C14H19NO3/c1-14(2,3)18-13(17)7-5-11-4-6-12(8-9-16)15-10-11/h4-7,10,16H,8-9H2,1-3H3/b7-5+. The SMILES string of the molecule is CC(C)(C)OC(=O)/C=C/c1ccc(CCO)nc1. The van der Waals surface area contributed by atoms with Crippen LogP contribution >= 0.6 is 0 Å². The number of nitrogens with zero attached hydrogens (tertiary/aromatic N) is 1. The third-order valence-electron chi connectivity index (χ3n) is 2.03. The van der Waals surface area contributed by atoms with E-state index in [0.29, 0.717) is 6.42 Å². The Bertz CT molecular complexity index is 416. The lowest BCUT2D eigenvalue weighted by Crippen LogP contribution is -2.22. The van der Waals surface area contributed by atoms with Crippen LogP contribution in [0.25, 0.3) is 6.08 Å². The number of esters is 1. The smallest absolute Gasteiger partial charge is 0.331 e. The minimum absolute atomic E-state index is 0.0834. The van der Waals surface area contributed by atoms with E-state index in [-0.39, 0.29) is 12.6 Å². The van der Waals surface area contributed by atoms with Crippen LogP contribution in [0.2, 0.25) is 0 Å². The minimum atomic E-state index is -0.481. The number of hydrogen-bond donors (Lipinski definition) is 1. The molecule has 1 heterocycles. The second-order valence-electron chi connectivity index (χ2n) is 4.92. The molecule has 1 aromatic rings. The summed E-state index contributed by atoms with van der Waals surface area (Å²) in [4.78, 5) is 15.6. The summed E-state index contributed by atoms with van der Waals surface area (Å²) in [5.74, 6) is -0.373. The van der Waals surface area contributed by atoms with Gasteiger partial charge in [0.05, 0.1) is 0 Å². The number of carbonyl (C=O) groups is 1. The van der Waals surface area contributed by atoms with Crippen LogP contribution in [0.1, 0.15) is 32.0 Å². The molecule has 4 nitrogen and oxygen atoms in total. The molecule has 0 fully saturated rings. The average molecular weight is 249 g/mol. The van der Waals surface area contributed by atoms with Gasteiger partial charge in [-0.3, -0.25) is 4.98 Å². The molecule has 1 rings (SSSR count). The summed E-state index contributed by atoms with van der Waals surface area (Å²) in [6.07, 6.45) is 5.24. The van der Waals surface area contributed by atoms with Crippen LogP contribution in [0.15, 0.2) is 24.4 Å². The lowest BCUT2D eigenvalue weighted by Gasteiger charge is -2.17. The molecule has 0 saturated heterocycles. The first-order valence-corrected chi connectivity index (χ1v) is 5.87. The second-order valence-corrected chi connectivity index (χ2v) is 4.92. The summed E-state index contributed by atoms with van der Waals surface area (Å²) in [5, 5.41) is 8.76. The van der Waals surface area contributed by atoms with Crippen LogP contribution in [0.4, 0.5) is 0 Å². The van der Waals surface area contributed by atoms with E-state index in [1.807, 2.05) is 32.9 Å². The van der Waals surface area contributed by atoms with Gasteiger partial charge in [-0.2, -0.15) is 0 Å². The third-order valence-corrected chi connectivity index (χ3v) is 2.03. The van der Waals surface area contributed by atoms with E-state index < -0.39 is 5.60 Å². The minimum Gasteiger partial charge on any atom is -0.457 e. The summed E-state index contributed by atoms with van der Waals surface area (Å²) >= 11 is 0. The maximum absolute atomic E-state index is 11.4. The molecule has 98 valence electrons. The lowest BCUT2D eigenvalue weighted by atomic mass is 10.2. The van der Waals surface area contributed by atoms with Crippen molar-refractivity contribution in [3.63, 3.8) is 0 Å². The van der Waals surface area contributed by atoms with Crippen LogP contribution in [-0.2, 0) is 16.0 Å². The molecule has 0 aromatic carbocycles. The van der Waals surface area contributed by atoms with Gasteiger partial charge < -0.3 is 9.84 Å². The number of hydrogen-bond acceptors (Lipinski definition) is 4. The molecule has 0 bridgehead atoms. The van der Waals surface area contributed by atoms with Crippen molar-refractivity contribution in [3.05, 3.63) is 35.7 Å². The van der Waals surface area contributed by atoms with Crippen LogP contribution in [-0.4, -0.2) is 28.3 Å². The van der Waals surface area contributed by atoms with E-state index >= 15 is 0 Å². The fourth-order valence-electron chi connectivity index (χ4n) is 1.30. The van der Waals surface area contributed by atoms with Crippen molar-refractivity contribution >= 4 is 12.0 Å². The molecule has 0 aliphatic carbocycles. The van der Waals surface area contributed by atoms with Gasteiger partial charge in [-0.05, 0) is 38.5 Å². The molecule has 0 aliphatic rings. The quantitative estimate of drug-likeness (QED) is 0.654. The number of aliphatic hydroxyl groups excluding tert-OH is 1. The van der Waals surface area contributed by atoms with Gasteiger partial charge in [0.1, 0.15) is 5.60 Å². The Morgan fingerprint density at radius 1 is 1.44 bits per heavy atom. The van der Waals surface area contributed by atoms with Crippen LogP contribution in [0.3, 0.4) is 0 Å². The average Bonchev–Trinajstić information content (AvgIpc) is 2.26. The number of aromatic nitrogens is 1. The molecule has 18 heavy (non-hydrogen) atoms. The Morgan fingerprint density at radius 3 is 2.67 bits per heavy atom. The third kappa shape index (κ3) is 5.59. The number of rotatable bonds is 4. The van der Waals surface area contributed by atoms with Gasteiger partial charge in [-0.15, -0.1) is 0 Å². The Morgan fingerprint density at radius 2 is 2.17 bits per heavy atom. The first-order chi connectivity index (χ1) is 8.40. The largest absolute Gasteiger partial charge is 0.457 e. The summed E-state index contributed by atoms with van der Waals surface area (Å²) in [7, 11) is 0. The van der Waals surface area contributed by atoms with Gasteiger partial charge in [0.2, 0.25) is 0 Å². The lowest BCUT2D eigenvalue weighted by molar-refractivity contribution is -0.148. The molecule has 1 N–H and O–H groups in total. The predicted molar refractivity (Wildman–Crippen MR) is 69.9 cm³/mol. The monoisotopic (exact) mass is 249 g/mol. The van der Waals surface area contributed by atoms with E-state index in [1.165, 1.54) is 6.08 Å². The van der Waals surface area contributed by atoms with E-state index in [4.69, 9.17) is 9.84 Å².